The number of rotatable bonds is 3. The van der Waals surface area contributed by atoms with Crippen molar-refractivity contribution in [3.63, 3.8) is 0 Å². The van der Waals surface area contributed by atoms with Gasteiger partial charge in [-0.2, -0.15) is 8.78 Å². The van der Waals surface area contributed by atoms with Gasteiger partial charge in [0.25, 0.3) is 6.17 Å². The topological polar surface area (TPSA) is 63.4 Å². The van der Waals surface area contributed by atoms with Gasteiger partial charge in [-0.05, 0) is 0 Å². The molecule has 0 aliphatic rings. The highest BCUT2D eigenvalue weighted by Crippen LogP contribution is 2.16. The highest BCUT2D eigenvalue weighted by Gasteiger charge is 2.41. The molecule has 0 aliphatic carbocycles. The van der Waals surface area contributed by atoms with Crippen molar-refractivity contribution in [2.24, 2.45) is 0 Å². The lowest BCUT2D eigenvalue weighted by atomic mass is 10.4. The summed E-state index contributed by atoms with van der Waals surface area (Å²) < 4.78 is 34.4. The van der Waals surface area contributed by atoms with E-state index in [-0.39, 0.29) is 0 Å². The van der Waals surface area contributed by atoms with E-state index in [4.69, 9.17) is 5.11 Å². The third-order valence-corrected chi connectivity index (χ3v) is 0.686. The predicted molar refractivity (Wildman–Crippen MR) is 23.9 cm³/mol. The quantitative estimate of drug-likeness (QED) is 0.472. The molecule has 0 rings (SSSR count). The van der Waals surface area contributed by atoms with Crippen molar-refractivity contribution < 1.29 is 23.2 Å². The van der Waals surface area contributed by atoms with Crippen LogP contribution >= 0.6 is 0 Å². The molecule has 1 N–H and O–H groups in total. The van der Waals surface area contributed by atoms with Crippen molar-refractivity contribution in [3.05, 3.63) is 10.1 Å². The van der Waals surface area contributed by atoms with Crippen molar-refractivity contribution in [2.45, 2.75) is 12.3 Å². The Balaban J connectivity index is 3.85. The molecule has 0 aliphatic heterocycles. The molecule has 0 saturated heterocycles. The van der Waals surface area contributed by atoms with Crippen LogP contribution in [0.25, 0.3) is 0 Å². The highest BCUT2D eigenvalue weighted by molar-refractivity contribution is 4.62. The first-order valence-electron chi connectivity index (χ1n) is 2.20. The highest BCUT2D eigenvalue weighted by atomic mass is 19.3. The van der Waals surface area contributed by atoms with Gasteiger partial charge in [0.05, 0.1) is 0 Å². The fraction of sp³-hybridized carbons (Fsp3) is 1.00. The summed E-state index contributed by atoms with van der Waals surface area (Å²) in [6.07, 6.45) is -7.75. The van der Waals surface area contributed by atoms with Gasteiger partial charge < -0.3 is 5.11 Å². The van der Waals surface area contributed by atoms with Crippen LogP contribution in [0.1, 0.15) is 0 Å². The van der Waals surface area contributed by atoms with E-state index in [0.717, 1.165) is 0 Å². The summed E-state index contributed by atoms with van der Waals surface area (Å²) in [7, 11) is 0. The number of nitrogens with zero attached hydrogens (tertiary/aromatic N) is 1. The monoisotopic (exact) mass is 159 g/mol. The Morgan fingerprint density at radius 1 is 1.70 bits per heavy atom. The molecule has 0 saturated carbocycles. The van der Waals surface area contributed by atoms with Crippen LogP contribution in [0.4, 0.5) is 13.2 Å². The third kappa shape index (κ3) is 3.23. The molecule has 4 nitrogen and oxygen atoms in total. The van der Waals surface area contributed by atoms with Crippen molar-refractivity contribution in [1.29, 1.82) is 0 Å². The van der Waals surface area contributed by atoms with Crippen molar-refractivity contribution in [2.75, 3.05) is 6.54 Å². The fourth-order valence-electron chi connectivity index (χ4n) is 0.241. The first-order chi connectivity index (χ1) is 4.34. The maximum Gasteiger partial charge on any atom is 0.391 e. The molecular formula is C3H4F3NO3. The van der Waals surface area contributed by atoms with Gasteiger partial charge in [0.2, 0.25) is 6.54 Å². The second kappa shape index (κ2) is 2.82. The van der Waals surface area contributed by atoms with Crippen LogP contribution in [0.15, 0.2) is 0 Å². The molecule has 0 fully saturated rings. The van der Waals surface area contributed by atoms with Gasteiger partial charge in [-0.15, -0.1) is 0 Å². The molecular weight excluding hydrogens is 155 g/mol. The van der Waals surface area contributed by atoms with E-state index in [9.17, 15) is 23.3 Å². The largest absolute Gasteiger partial charge is 0.391 e. The zero-order valence-corrected chi connectivity index (χ0v) is 4.63. The lowest BCUT2D eigenvalue weighted by Crippen LogP contribution is -2.34. The maximum atomic E-state index is 11.7. The second-order valence-electron chi connectivity index (χ2n) is 1.57. The number of alkyl halides is 3. The molecule has 60 valence electrons. The SMILES string of the molecule is O=[N+]([O-])CC(F)C(O)(F)F. The Bertz CT molecular complexity index is 133. The van der Waals surface area contributed by atoms with Gasteiger partial charge in [-0.25, -0.2) is 4.39 Å². The molecule has 1 unspecified atom stereocenters. The summed E-state index contributed by atoms with van der Waals surface area (Å²) in [5.41, 5.74) is 0. The first kappa shape index (κ1) is 9.15. The van der Waals surface area contributed by atoms with Gasteiger partial charge in [-0.1, -0.05) is 0 Å². The smallest absolute Gasteiger partial charge is 0.334 e. The number of halogens is 3. The molecule has 0 amide bonds. The molecule has 0 radical (unpaired) electrons. The van der Waals surface area contributed by atoms with Crippen LogP contribution in [-0.2, 0) is 0 Å². The van der Waals surface area contributed by atoms with Crippen LogP contribution < -0.4 is 0 Å². The van der Waals surface area contributed by atoms with E-state index in [1.165, 1.54) is 0 Å². The summed E-state index contributed by atoms with van der Waals surface area (Å²) in [5.74, 6) is 0. The van der Waals surface area contributed by atoms with Gasteiger partial charge >= 0.3 is 6.11 Å². The number of aliphatic hydroxyl groups is 1. The van der Waals surface area contributed by atoms with Crippen LogP contribution in [0.3, 0.4) is 0 Å². The van der Waals surface area contributed by atoms with Gasteiger partial charge in [-0.3, -0.25) is 10.1 Å². The maximum absolute atomic E-state index is 11.7. The number of nitro groups is 1. The van der Waals surface area contributed by atoms with Crippen LogP contribution in [-0.4, -0.2) is 28.9 Å². The van der Waals surface area contributed by atoms with E-state index in [1.807, 2.05) is 0 Å². The van der Waals surface area contributed by atoms with Crippen molar-refractivity contribution in [1.82, 2.24) is 0 Å². The number of hydrogen-bond donors (Lipinski definition) is 1. The first-order valence-corrected chi connectivity index (χ1v) is 2.20. The molecule has 0 spiro atoms. The number of hydrogen-bond acceptors (Lipinski definition) is 3. The van der Waals surface area contributed by atoms with Crippen LogP contribution in [0.2, 0.25) is 0 Å². The predicted octanol–water partition coefficient (Wildman–Crippen LogP) is 0.186. The van der Waals surface area contributed by atoms with Crippen molar-refractivity contribution >= 4 is 0 Å². The Morgan fingerprint density at radius 3 is 2.20 bits per heavy atom. The lowest BCUT2D eigenvalue weighted by molar-refractivity contribution is -0.498. The fourth-order valence-corrected chi connectivity index (χ4v) is 0.241. The van der Waals surface area contributed by atoms with Gasteiger partial charge in [0, 0.05) is 4.92 Å². The Morgan fingerprint density at radius 2 is 2.10 bits per heavy atom. The molecule has 7 heteroatoms. The van der Waals surface area contributed by atoms with E-state index >= 15 is 0 Å². The standard InChI is InChI=1S/C3H4F3NO3/c4-2(1-7(9)10)3(5,6)8/h2,8H,1H2. The summed E-state index contributed by atoms with van der Waals surface area (Å²) >= 11 is 0. The third-order valence-electron chi connectivity index (χ3n) is 0.686. The molecule has 0 aromatic carbocycles. The average Bonchev–Trinajstić information content (AvgIpc) is 1.60. The van der Waals surface area contributed by atoms with Crippen LogP contribution in [0.5, 0.6) is 0 Å². The Labute approximate surface area is 53.4 Å². The second-order valence-corrected chi connectivity index (χ2v) is 1.57. The molecule has 10 heavy (non-hydrogen) atoms. The van der Waals surface area contributed by atoms with Crippen molar-refractivity contribution in [3.8, 4) is 0 Å². The van der Waals surface area contributed by atoms with Gasteiger partial charge in [0.1, 0.15) is 0 Å². The van der Waals surface area contributed by atoms with E-state index in [2.05, 4.69) is 0 Å². The van der Waals surface area contributed by atoms with Gasteiger partial charge in [0.15, 0.2) is 0 Å². The Hall–Kier alpha value is -0.850. The van der Waals surface area contributed by atoms with E-state index in [0.29, 0.717) is 0 Å². The molecule has 0 bridgehead atoms. The van der Waals surface area contributed by atoms with E-state index in [1.54, 1.807) is 0 Å². The normalized spacial score (nSPS) is 14.8. The molecule has 0 aromatic heterocycles. The summed E-state index contributed by atoms with van der Waals surface area (Å²) in [6.45, 7) is -1.59. The van der Waals surface area contributed by atoms with E-state index < -0.39 is 23.7 Å². The van der Waals surface area contributed by atoms with Crippen LogP contribution in [0, 0.1) is 10.1 Å². The minimum atomic E-state index is -4.62. The summed E-state index contributed by atoms with van der Waals surface area (Å²) in [4.78, 5) is 8.11. The lowest BCUT2D eigenvalue weighted by Gasteiger charge is -2.09. The molecule has 1 atom stereocenters. The molecule has 0 heterocycles. The summed E-state index contributed by atoms with van der Waals surface area (Å²) in [6, 6.07) is 0. The Kier molecular flexibility index (Phi) is 2.58. The molecule has 0 aromatic rings. The average molecular weight is 159 g/mol. The zero-order chi connectivity index (χ0) is 8.36. The minimum Gasteiger partial charge on any atom is -0.334 e. The summed E-state index contributed by atoms with van der Waals surface area (Å²) in [5, 5.41) is 16.9. The minimum absolute atomic E-state index is 1.27. The zero-order valence-electron chi connectivity index (χ0n) is 4.63.